The molecular weight excluding hydrogens is 268 g/mol. The number of nitrogens with one attached hydrogen (secondary N) is 1. The summed E-state index contributed by atoms with van der Waals surface area (Å²) in [6.45, 7) is 1.21. The van der Waals surface area contributed by atoms with Crippen molar-refractivity contribution < 1.29 is 14.6 Å². The summed E-state index contributed by atoms with van der Waals surface area (Å²) in [6, 6.07) is 0. The second-order valence-corrected chi connectivity index (χ2v) is 6.26. The molecule has 21 heavy (non-hydrogen) atoms. The molecule has 0 radical (unpaired) electrons. The number of aliphatic hydroxyl groups is 1. The van der Waals surface area contributed by atoms with Crippen LogP contribution in [-0.4, -0.2) is 37.0 Å². The van der Waals surface area contributed by atoms with Crippen LogP contribution >= 0.6 is 0 Å². The predicted molar refractivity (Wildman–Crippen MR) is 81.7 cm³/mol. The molecule has 2 aliphatic carbocycles. The van der Waals surface area contributed by atoms with Crippen LogP contribution < -0.4 is 11.1 Å². The number of amides is 1. The van der Waals surface area contributed by atoms with E-state index in [0.29, 0.717) is 30.8 Å². The van der Waals surface area contributed by atoms with Crippen molar-refractivity contribution >= 4 is 6.09 Å². The maximum atomic E-state index is 11.9. The van der Waals surface area contributed by atoms with Crippen molar-refractivity contribution in [3.63, 3.8) is 0 Å². The summed E-state index contributed by atoms with van der Waals surface area (Å²) in [6.07, 6.45) is 9.97. The van der Waals surface area contributed by atoms with Gasteiger partial charge < -0.3 is 20.9 Å². The summed E-state index contributed by atoms with van der Waals surface area (Å²) in [5.74, 6) is 1.54. The Morgan fingerprint density at radius 1 is 1.29 bits per heavy atom. The van der Waals surface area contributed by atoms with Gasteiger partial charge in [-0.2, -0.15) is 0 Å². The fourth-order valence-corrected chi connectivity index (χ4v) is 3.91. The molecule has 2 unspecified atom stereocenters. The zero-order valence-corrected chi connectivity index (χ0v) is 12.7. The van der Waals surface area contributed by atoms with Crippen LogP contribution in [0.5, 0.6) is 0 Å². The first-order valence-electron chi connectivity index (χ1n) is 8.15. The third kappa shape index (κ3) is 4.71. The van der Waals surface area contributed by atoms with E-state index in [9.17, 15) is 4.79 Å². The molecule has 0 saturated heterocycles. The molecule has 2 bridgehead atoms. The zero-order valence-electron chi connectivity index (χ0n) is 12.7. The first kappa shape index (κ1) is 16.3. The molecule has 2 fully saturated rings. The minimum absolute atomic E-state index is 0.0622. The van der Waals surface area contributed by atoms with Gasteiger partial charge in [-0.1, -0.05) is 18.6 Å². The van der Waals surface area contributed by atoms with E-state index in [0.717, 1.165) is 32.1 Å². The van der Waals surface area contributed by atoms with Gasteiger partial charge in [-0.3, -0.25) is 0 Å². The van der Waals surface area contributed by atoms with E-state index in [1.54, 1.807) is 0 Å². The first-order chi connectivity index (χ1) is 10.2. The van der Waals surface area contributed by atoms with Gasteiger partial charge in [-0.25, -0.2) is 4.79 Å². The van der Waals surface area contributed by atoms with E-state index < -0.39 is 0 Å². The molecule has 4 N–H and O–H groups in total. The third-order valence-corrected chi connectivity index (χ3v) is 4.80. The van der Waals surface area contributed by atoms with Gasteiger partial charge in [0.1, 0.15) is 6.10 Å². The largest absolute Gasteiger partial charge is 0.446 e. The minimum atomic E-state index is -0.320. The highest BCUT2D eigenvalue weighted by atomic mass is 16.6. The number of ether oxygens (including phenoxy) is 1. The standard InChI is InChI=1S/C16H28N2O3/c17-7-1-2-8-18-16(20)21-15-13-4-3-5-14(15)11-12(10-13)6-9-19/h1-2,12-15,19H,3-11,17H2,(H,18,20)/b2-1+. The van der Waals surface area contributed by atoms with Crippen LogP contribution in [0.15, 0.2) is 12.2 Å². The van der Waals surface area contributed by atoms with E-state index in [1.165, 1.54) is 6.42 Å². The summed E-state index contributed by atoms with van der Waals surface area (Å²) in [5, 5.41) is 11.9. The number of hydrogen-bond donors (Lipinski definition) is 3. The van der Waals surface area contributed by atoms with Crippen LogP contribution in [0.3, 0.4) is 0 Å². The molecule has 5 heteroatoms. The van der Waals surface area contributed by atoms with Gasteiger partial charge in [-0.05, 0) is 49.9 Å². The lowest BCUT2D eigenvalue weighted by molar-refractivity contribution is -0.0469. The first-order valence-corrected chi connectivity index (χ1v) is 8.15. The number of aliphatic hydroxyl groups excluding tert-OH is 1. The molecule has 0 heterocycles. The normalized spacial score (nSPS) is 32.1. The Balaban J connectivity index is 1.82. The molecule has 120 valence electrons. The Morgan fingerprint density at radius 3 is 2.62 bits per heavy atom. The molecule has 2 rings (SSSR count). The molecular formula is C16H28N2O3. The molecule has 0 aromatic carbocycles. The van der Waals surface area contributed by atoms with Crippen LogP contribution in [0.1, 0.15) is 38.5 Å². The van der Waals surface area contributed by atoms with E-state index in [2.05, 4.69) is 5.32 Å². The number of carbonyl (C=O) groups is 1. The fourth-order valence-electron chi connectivity index (χ4n) is 3.91. The zero-order chi connectivity index (χ0) is 15.1. The SMILES string of the molecule is NC/C=C/CNC(=O)OC1C2CCCC1CC(CCO)C2. The lowest BCUT2D eigenvalue weighted by atomic mass is 9.65. The molecule has 1 amide bonds. The number of alkyl carbamates (subject to hydrolysis) is 1. The van der Waals surface area contributed by atoms with Crippen molar-refractivity contribution in [3.8, 4) is 0 Å². The summed E-state index contributed by atoms with van der Waals surface area (Å²) >= 11 is 0. The lowest BCUT2D eigenvalue weighted by Gasteiger charge is -2.44. The number of hydrogen-bond acceptors (Lipinski definition) is 4. The smallest absolute Gasteiger partial charge is 0.407 e. The van der Waals surface area contributed by atoms with E-state index in [4.69, 9.17) is 15.6 Å². The van der Waals surface area contributed by atoms with Crippen LogP contribution in [0.4, 0.5) is 4.79 Å². The van der Waals surface area contributed by atoms with E-state index in [-0.39, 0.29) is 18.8 Å². The van der Waals surface area contributed by atoms with Gasteiger partial charge in [0.25, 0.3) is 0 Å². The van der Waals surface area contributed by atoms with Crippen molar-refractivity contribution in [2.24, 2.45) is 23.5 Å². The second kappa shape index (κ2) is 8.39. The second-order valence-electron chi connectivity index (χ2n) is 6.26. The number of carbonyl (C=O) groups excluding carboxylic acids is 1. The lowest BCUT2D eigenvalue weighted by Crippen LogP contribution is -2.45. The summed E-state index contributed by atoms with van der Waals surface area (Å²) in [5.41, 5.74) is 5.35. The summed E-state index contributed by atoms with van der Waals surface area (Å²) < 4.78 is 5.69. The van der Waals surface area contributed by atoms with Crippen LogP contribution in [0.25, 0.3) is 0 Å². The number of rotatable bonds is 6. The molecule has 0 aliphatic heterocycles. The van der Waals surface area contributed by atoms with Crippen molar-refractivity contribution in [1.29, 1.82) is 0 Å². The summed E-state index contributed by atoms with van der Waals surface area (Å²) in [7, 11) is 0. The molecule has 0 aromatic rings. The predicted octanol–water partition coefficient (Wildman–Crippen LogP) is 1.80. The van der Waals surface area contributed by atoms with Crippen molar-refractivity contribution in [2.75, 3.05) is 19.7 Å². The fraction of sp³-hybridized carbons (Fsp3) is 0.812. The maximum Gasteiger partial charge on any atom is 0.407 e. The van der Waals surface area contributed by atoms with Crippen LogP contribution in [0.2, 0.25) is 0 Å². The molecule has 0 spiro atoms. The van der Waals surface area contributed by atoms with Crippen LogP contribution in [-0.2, 0) is 4.74 Å². The van der Waals surface area contributed by atoms with Crippen molar-refractivity contribution in [1.82, 2.24) is 5.32 Å². The van der Waals surface area contributed by atoms with E-state index in [1.807, 2.05) is 12.2 Å². The monoisotopic (exact) mass is 296 g/mol. The average molecular weight is 296 g/mol. The molecule has 0 aromatic heterocycles. The Hall–Kier alpha value is -1.07. The van der Waals surface area contributed by atoms with Gasteiger partial charge in [0, 0.05) is 19.7 Å². The van der Waals surface area contributed by atoms with Gasteiger partial charge in [0.2, 0.25) is 0 Å². The number of fused-ring (bicyclic) bond motifs is 2. The van der Waals surface area contributed by atoms with Gasteiger partial charge >= 0.3 is 6.09 Å². The molecule has 2 aliphatic rings. The Kier molecular flexibility index (Phi) is 6.51. The Labute approximate surface area is 126 Å². The third-order valence-electron chi connectivity index (χ3n) is 4.80. The topological polar surface area (TPSA) is 84.6 Å². The van der Waals surface area contributed by atoms with Crippen molar-refractivity contribution in [3.05, 3.63) is 12.2 Å². The van der Waals surface area contributed by atoms with Gasteiger partial charge in [0.05, 0.1) is 0 Å². The number of nitrogens with two attached hydrogens (primary N) is 1. The Bertz CT molecular complexity index is 345. The van der Waals surface area contributed by atoms with Gasteiger partial charge in [0.15, 0.2) is 0 Å². The summed E-state index contributed by atoms with van der Waals surface area (Å²) in [4.78, 5) is 11.9. The van der Waals surface area contributed by atoms with Gasteiger partial charge in [-0.15, -0.1) is 0 Å². The Morgan fingerprint density at radius 2 is 2.00 bits per heavy atom. The van der Waals surface area contributed by atoms with Crippen molar-refractivity contribution in [2.45, 2.75) is 44.6 Å². The molecule has 2 atom stereocenters. The maximum absolute atomic E-state index is 11.9. The average Bonchev–Trinajstić information content (AvgIpc) is 2.45. The molecule has 5 nitrogen and oxygen atoms in total. The quantitative estimate of drug-likeness (QED) is 0.653. The highest BCUT2D eigenvalue weighted by molar-refractivity contribution is 5.67. The highest BCUT2D eigenvalue weighted by Crippen LogP contribution is 2.45. The highest BCUT2D eigenvalue weighted by Gasteiger charge is 2.42. The van der Waals surface area contributed by atoms with E-state index >= 15 is 0 Å². The molecule has 2 saturated carbocycles. The minimum Gasteiger partial charge on any atom is -0.446 e. The van der Waals surface area contributed by atoms with Crippen LogP contribution in [0, 0.1) is 17.8 Å².